The van der Waals surface area contributed by atoms with Gasteiger partial charge in [-0.3, -0.25) is 14.9 Å². The van der Waals surface area contributed by atoms with Crippen LogP contribution in [0, 0.1) is 16.0 Å². The van der Waals surface area contributed by atoms with E-state index < -0.39 is 22.5 Å². The second-order valence-electron chi connectivity index (χ2n) is 11.0. The molecule has 4 rings (SSSR count). The van der Waals surface area contributed by atoms with Gasteiger partial charge in [-0.05, 0) is 65.8 Å². The molecule has 2 aromatic rings. The summed E-state index contributed by atoms with van der Waals surface area (Å²) in [4.78, 5) is 53.8. The molecule has 14 nitrogen and oxygen atoms in total. The molecular formula is C27H37N7O7. The second-order valence-corrected chi connectivity index (χ2v) is 11.0. The lowest BCUT2D eigenvalue weighted by Gasteiger charge is -2.37. The Labute approximate surface area is 238 Å². The average Bonchev–Trinajstić information content (AvgIpc) is 3.43. The minimum atomic E-state index is -0.978. The van der Waals surface area contributed by atoms with Crippen molar-refractivity contribution in [2.45, 2.75) is 51.7 Å². The highest BCUT2D eigenvalue weighted by atomic mass is 16.6. The van der Waals surface area contributed by atoms with Gasteiger partial charge in [-0.1, -0.05) is 0 Å². The minimum absolute atomic E-state index is 0.0892. The molecule has 1 saturated heterocycles. The van der Waals surface area contributed by atoms with E-state index in [0.717, 1.165) is 17.5 Å². The number of nitrogens with zero attached hydrogens (tertiary/aromatic N) is 5. The molecule has 14 heteroatoms. The predicted octanol–water partition coefficient (Wildman–Crippen LogP) is 3.17. The summed E-state index contributed by atoms with van der Waals surface area (Å²) in [6.45, 7) is 7.46. The number of rotatable bonds is 8. The van der Waals surface area contributed by atoms with Gasteiger partial charge in [0.1, 0.15) is 0 Å². The zero-order chi connectivity index (χ0) is 29.9. The number of likely N-dealkylation sites (N-methyl/N-ethyl adjacent to an activating group) is 1. The van der Waals surface area contributed by atoms with Crippen LogP contribution >= 0.6 is 0 Å². The monoisotopic (exact) mass is 571 g/mol. The van der Waals surface area contributed by atoms with Gasteiger partial charge < -0.3 is 29.9 Å². The van der Waals surface area contributed by atoms with Gasteiger partial charge in [0.05, 0.1) is 29.3 Å². The first kappa shape index (κ1) is 29.9. The van der Waals surface area contributed by atoms with Crippen molar-refractivity contribution in [3.63, 3.8) is 0 Å². The van der Waals surface area contributed by atoms with Crippen molar-refractivity contribution in [3.05, 3.63) is 51.2 Å². The maximum absolute atomic E-state index is 13.8. The highest BCUT2D eigenvalue weighted by molar-refractivity contribution is 6.04. The summed E-state index contributed by atoms with van der Waals surface area (Å²) in [6.07, 6.45) is 0.959. The Morgan fingerprint density at radius 1 is 1.22 bits per heavy atom. The largest absolute Gasteiger partial charge is 0.448 e. The van der Waals surface area contributed by atoms with Crippen LogP contribution in [0.1, 0.15) is 55.2 Å². The molecule has 0 bridgehead atoms. The van der Waals surface area contributed by atoms with Crippen LogP contribution in [-0.2, 0) is 21.6 Å². The van der Waals surface area contributed by atoms with Crippen LogP contribution in [0.25, 0.3) is 0 Å². The van der Waals surface area contributed by atoms with E-state index >= 15 is 0 Å². The Balaban J connectivity index is 1.62. The van der Waals surface area contributed by atoms with Gasteiger partial charge >= 0.3 is 12.1 Å². The Morgan fingerprint density at radius 2 is 1.88 bits per heavy atom. The molecule has 2 aliphatic heterocycles. The zero-order valence-corrected chi connectivity index (χ0v) is 24.0. The summed E-state index contributed by atoms with van der Waals surface area (Å²) in [7, 11) is 3.92. The first-order valence-corrected chi connectivity index (χ1v) is 13.6. The quantitative estimate of drug-likeness (QED) is 0.358. The molecule has 0 radical (unpaired) electrons. The lowest BCUT2D eigenvalue weighted by atomic mass is 9.91. The number of hydrogen-bond acceptors (Lipinski definition) is 9. The van der Waals surface area contributed by atoms with Gasteiger partial charge in [0.2, 0.25) is 0 Å². The standard InChI is InChI=1S/C27H37N7O7/c1-6-41-26(37)33-22-20(23(30-33)29-24(35)18-7-9-19(10-8-18)34(38)39)15-32(27(22,2)3)25(36)28-21(16-31(4)5)17-11-13-40-14-12-17/h7-10,17,21H,6,11-16H2,1-5H3,(H,28,36)(H,29,30,35)/t21-/m1/s1. The Hall–Kier alpha value is -4.04. The van der Waals surface area contributed by atoms with Crippen molar-refractivity contribution in [3.8, 4) is 0 Å². The predicted molar refractivity (Wildman–Crippen MR) is 149 cm³/mol. The number of urea groups is 1. The Morgan fingerprint density at radius 3 is 2.46 bits per heavy atom. The highest BCUT2D eigenvalue weighted by Crippen LogP contribution is 2.42. The molecule has 3 amide bonds. The van der Waals surface area contributed by atoms with Crippen LogP contribution < -0.4 is 10.6 Å². The fraction of sp³-hybridized carbons (Fsp3) is 0.556. The number of ether oxygens (including phenoxy) is 2. The molecule has 0 unspecified atom stereocenters. The molecule has 3 heterocycles. The molecule has 1 aromatic heterocycles. The Bertz CT molecular complexity index is 1300. The van der Waals surface area contributed by atoms with Crippen LogP contribution in [0.5, 0.6) is 0 Å². The molecule has 41 heavy (non-hydrogen) atoms. The van der Waals surface area contributed by atoms with Gasteiger partial charge in [0, 0.05) is 49.1 Å². The normalized spacial score (nSPS) is 17.2. The van der Waals surface area contributed by atoms with Crippen LogP contribution in [0.15, 0.2) is 24.3 Å². The number of non-ortho nitro benzene ring substituents is 1. The molecule has 2 N–H and O–H groups in total. The van der Waals surface area contributed by atoms with Crippen molar-refractivity contribution in [2.75, 3.05) is 45.8 Å². The van der Waals surface area contributed by atoms with E-state index in [-0.39, 0.29) is 48.2 Å². The lowest BCUT2D eigenvalue weighted by Crippen LogP contribution is -2.54. The lowest BCUT2D eigenvalue weighted by molar-refractivity contribution is -0.384. The first-order valence-electron chi connectivity index (χ1n) is 13.6. The third-order valence-electron chi connectivity index (χ3n) is 7.52. The molecule has 1 atom stereocenters. The number of hydrogen-bond donors (Lipinski definition) is 2. The molecule has 1 fully saturated rings. The number of amides is 3. The van der Waals surface area contributed by atoms with Crippen molar-refractivity contribution in [1.82, 2.24) is 24.9 Å². The number of anilines is 1. The summed E-state index contributed by atoms with van der Waals surface area (Å²) < 4.78 is 11.8. The van der Waals surface area contributed by atoms with Crippen LogP contribution in [0.3, 0.4) is 0 Å². The van der Waals surface area contributed by atoms with Crippen molar-refractivity contribution in [2.24, 2.45) is 5.92 Å². The molecule has 1 aromatic carbocycles. The van der Waals surface area contributed by atoms with Crippen LogP contribution in [0.4, 0.5) is 21.1 Å². The zero-order valence-electron chi connectivity index (χ0n) is 24.0. The molecule has 222 valence electrons. The molecule has 0 saturated carbocycles. The molecule has 2 aliphatic rings. The van der Waals surface area contributed by atoms with E-state index in [9.17, 15) is 24.5 Å². The van der Waals surface area contributed by atoms with E-state index in [1.165, 1.54) is 24.3 Å². The number of benzene rings is 1. The minimum Gasteiger partial charge on any atom is -0.448 e. The first-order chi connectivity index (χ1) is 19.4. The van der Waals surface area contributed by atoms with Crippen molar-refractivity contribution < 1.29 is 28.8 Å². The molecule has 0 aliphatic carbocycles. The highest BCUT2D eigenvalue weighted by Gasteiger charge is 2.47. The van der Waals surface area contributed by atoms with Gasteiger partial charge in [-0.25, -0.2) is 9.59 Å². The number of fused-ring (bicyclic) bond motifs is 1. The van der Waals surface area contributed by atoms with E-state index in [1.807, 2.05) is 32.8 Å². The third kappa shape index (κ3) is 6.33. The van der Waals surface area contributed by atoms with Crippen molar-refractivity contribution in [1.29, 1.82) is 0 Å². The summed E-state index contributed by atoms with van der Waals surface area (Å²) in [5, 5.41) is 21.3. The SMILES string of the molecule is CCOC(=O)n1nc(NC(=O)c2ccc([N+](=O)[O-])cc2)c2c1C(C)(C)N(C(=O)N[C@H](CN(C)C)C1CCOCC1)C2. The van der Waals surface area contributed by atoms with Crippen LogP contribution in [-0.4, -0.2) is 89.0 Å². The van der Waals surface area contributed by atoms with E-state index in [0.29, 0.717) is 31.0 Å². The van der Waals surface area contributed by atoms with Crippen molar-refractivity contribution >= 4 is 29.5 Å². The fourth-order valence-electron chi connectivity index (χ4n) is 5.43. The maximum Gasteiger partial charge on any atom is 0.435 e. The van der Waals surface area contributed by atoms with Gasteiger partial charge in [0.25, 0.3) is 11.6 Å². The number of nitro groups is 1. The van der Waals surface area contributed by atoms with Gasteiger partial charge in [-0.2, -0.15) is 4.68 Å². The summed E-state index contributed by atoms with van der Waals surface area (Å²) in [5.74, 6) is -0.203. The molecular weight excluding hydrogens is 534 g/mol. The van der Waals surface area contributed by atoms with Gasteiger partial charge in [-0.15, -0.1) is 5.10 Å². The smallest absolute Gasteiger partial charge is 0.435 e. The van der Waals surface area contributed by atoms with E-state index in [1.54, 1.807) is 11.8 Å². The van der Waals surface area contributed by atoms with E-state index in [4.69, 9.17) is 9.47 Å². The number of carbonyl (C=O) groups excluding carboxylic acids is 3. The third-order valence-corrected chi connectivity index (χ3v) is 7.52. The Kier molecular flexibility index (Phi) is 8.92. The van der Waals surface area contributed by atoms with Gasteiger partial charge in [0.15, 0.2) is 5.82 Å². The summed E-state index contributed by atoms with van der Waals surface area (Å²) in [6, 6.07) is 4.72. The summed E-state index contributed by atoms with van der Waals surface area (Å²) >= 11 is 0. The fourth-order valence-corrected chi connectivity index (χ4v) is 5.43. The average molecular weight is 572 g/mol. The maximum atomic E-state index is 13.8. The number of aromatic nitrogens is 2. The molecule has 0 spiro atoms. The summed E-state index contributed by atoms with van der Waals surface area (Å²) in [5.41, 5.74) is -0.0203. The van der Waals surface area contributed by atoms with E-state index in [2.05, 4.69) is 15.7 Å². The number of nitro benzene ring substituents is 1. The number of nitrogens with one attached hydrogen (secondary N) is 2. The topological polar surface area (TPSA) is 161 Å². The van der Waals surface area contributed by atoms with Crippen LogP contribution in [0.2, 0.25) is 0 Å². The number of carbonyl (C=O) groups is 3. The second kappa shape index (κ2) is 12.2.